The molecule has 1 nitrogen and oxygen atoms in total. The Bertz CT molecular complexity index is 553. The zero-order valence-electron chi connectivity index (χ0n) is 6.64. The number of halogens is 2. The lowest BCUT2D eigenvalue weighted by Crippen LogP contribution is -1.93. The summed E-state index contributed by atoms with van der Waals surface area (Å²) in [6.45, 7) is 0. The van der Waals surface area contributed by atoms with Gasteiger partial charge >= 0.3 is 0 Å². The van der Waals surface area contributed by atoms with Gasteiger partial charge in [0, 0.05) is 15.4 Å². The first kappa shape index (κ1) is 9.27. The maximum absolute atomic E-state index is 11.9. The third kappa shape index (κ3) is 1.07. The van der Waals surface area contributed by atoms with Gasteiger partial charge < -0.3 is 0 Å². The summed E-state index contributed by atoms with van der Waals surface area (Å²) in [6, 6.07) is 1.90. The first-order valence-corrected chi connectivity index (χ1v) is 7.08. The van der Waals surface area contributed by atoms with Crippen LogP contribution in [0.1, 0.15) is 15.9 Å². The summed E-state index contributed by atoms with van der Waals surface area (Å²) < 4.78 is 1.94. The van der Waals surface area contributed by atoms with Crippen molar-refractivity contribution in [1.29, 1.82) is 0 Å². The smallest absolute Gasteiger partial charge is 0.197 e. The third-order valence-corrected chi connectivity index (χ3v) is 5.84. The van der Waals surface area contributed by atoms with E-state index >= 15 is 0 Å². The van der Waals surface area contributed by atoms with E-state index < -0.39 is 0 Å². The second kappa shape index (κ2) is 3.01. The van der Waals surface area contributed by atoms with Crippen LogP contribution in [0.3, 0.4) is 0 Å². The molecule has 5 heteroatoms. The van der Waals surface area contributed by atoms with Gasteiger partial charge in [0.1, 0.15) is 0 Å². The van der Waals surface area contributed by atoms with E-state index in [1.54, 1.807) is 22.7 Å². The number of hydrogen-bond acceptors (Lipinski definition) is 3. The number of ketones is 1. The number of rotatable bonds is 0. The van der Waals surface area contributed by atoms with Crippen LogP contribution in [0.25, 0.3) is 9.75 Å². The molecule has 0 radical (unpaired) electrons. The van der Waals surface area contributed by atoms with Gasteiger partial charge in [-0.3, -0.25) is 4.79 Å². The van der Waals surface area contributed by atoms with Crippen molar-refractivity contribution in [2.45, 2.75) is 0 Å². The number of fused-ring (bicyclic) bond motifs is 3. The Labute approximate surface area is 105 Å². The monoisotopic (exact) mass is 348 g/mol. The van der Waals surface area contributed by atoms with Crippen molar-refractivity contribution < 1.29 is 4.79 Å². The molecule has 0 bridgehead atoms. The molecule has 0 N–H and O–H groups in total. The van der Waals surface area contributed by atoms with E-state index in [1.807, 2.05) is 11.4 Å². The first-order valence-electron chi connectivity index (χ1n) is 3.80. The van der Waals surface area contributed by atoms with Crippen molar-refractivity contribution in [2.75, 3.05) is 0 Å². The first-order chi connectivity index (χ1) is 6.68. The predicted octanol–water partition coefficient (Wildman–Crippen LogP) is 4.55. The minimum Gasteiger partial charge on any atom is -0.288 e. The minimum absolute atomic E-state index is 0.144. The molecule has 0 aromatic carbocycles. The summed E-state index contributed by atoms with van der Waals surface area (Å²) in [7, 11) is 0. The van der Waals surface area contributed by atoms with Crippen LogP contribution >= 0.6 is 54.5 Å². The van der Waals surface area contributed by atoms with Gasteiger partial charge in [0.15, 0.2) is 5.78 Å². The molecule has 2 heterocycles. The summed E-state index contributed by atoms with van der Waals surface area (Å²) in [5, 5.41) is 1.97. The second-order valence-electron chi connectivity index (χ2n) is 2.91. The highest BCUT2D eigenvalue weighted by Gasteiger charge is 2.32. The molecule has 14 heavy (non-hydrogen) atoms. The molecular formula is C9H2Br2OS2. The standard InChI is InChI=1S/C9H2Br2OS2/c10-4-2-13-9-6(4)7(12)3-1-5(11)14-8(3)9/h1-2H. The molecule has 0 fully saturated rings. The van der Waals surface area contributed by atoms with Crippen LogP contribution < -0.4 is 0 Å². The molecule has 0 saturated heterocycles. The van der Waals surface area contributed by atoms with E-state index in [1.165, 1.54) is 0 Å². The van der Waals surface area contributed by atoms with Crippen molar-refractivity contribution in [2.24, 2.45) is 0 Å². The Morgan fingerprint density at radius 1 is 1.21 bits per heavy atom. The van der Waals surface area contributed by atoms with Crippen molar-refractivity contribution in [3.8, 4) is 9.75 Å². The largest absolute Gasteiger partial charge is 0.288 e. The Balaban J connectivity index is 2.40. The number of thiophene rings is 2. The van der Waals surface area contributed by atoms with Crippen LogP contribution in [-0.4, -0.2) is 5.78 Å². The molecule has 0 saturated carbocycles. The highest BCUT2D eigenvalue weighted by molar-refractivity contribution is 9.11. The van der Waals surface area contributed by atoms with Gasteiger partial charge in [-0.25, -0.2) is 0 Å². The number of carbonyl (C=O) groups is 1. The number of carbonyl (C=O) groups excluding carboxylic acids is 1. The quantitative estimate of drug-likeness (QED) is 0.582. The van der Waals surface area contributed by atoms with Gasteiger partial charge in [0.2, 0.25) is 0 Å². The van der Waals surface area contributed by atoms with Gasteiger partial charge in [0.05, 0.1) is 19.1 Å². The lowest BCUT2D eigenvalue weighted by molar-refractivity contribution is 0.104. The van der Waals surface area contributed by atoms with Crippen LogP contribution in [0.4, 0.5) is 0 Å². The van der Waals surface area contributed by atoms with Gasteiger partial charge in [-0.2, -0.15) is 0 Å². The molecule has 0 spiro atoms. The maximum Gasteiger partial charge on any atom is 0.197 e. The van der Waals surface area contributed by atoms with Crippen LogP contribution in [0, 0.1) is 0 Å². The van der Waals surface area contributed by atoms with Gasteiger partial charge in [-0.15, -0.1) is 22.7 Å². The predicted molar refractivity (Wildman–Crippen MR) is 66.5 cm³/mol. The minimum atomic E-state index is 0.144. The Morgan fingerprint density at radius 3 is 2.79 bits per heavy atom. The highest BCUT2D eigenvalue weighted by Crippen LogP contribution is 2.49. The lowest BCUT2D eigenvalue weighted by atomic mass is 10.2. The normalized spacial score (nSPS) is 13.1. The molecule has 0 atom stereocenters. The Hall–Kier alpha value is 0.0300. The Morgan fingerprint density at radius 2 is 2.00 bits per heavy atom. The van der Waals surface area contributed by atoms with E-state index in [9.17, 15) is 4.79 Å². The zero-order valence-corrected chi connectivity index (χ0v) is 11.4. The molecule has 70 valence electrons. The molecule has 2 aromatic heterocycles. The average molecular weight is 350 g/mol. The molecule has 2 aromatic rings. The van der Waals surface area contributed by atoms with E-state index in [2.05, 4.69) is 31.9 Å². The van der Waals surface area contributed by atoms with Crippen molar-refractivity contribution in [1.82, 2.24) is 0 Å². The highest BCUT2D eigenvalue weighted by atomic mass is 79.9. The van der Waals surface area contributed by atoms with Crippen LogP contribution in [0.15, 0.2) is 19.7 Å². The molecule has 1 aliphatic rings. The summed E-state index contributed by atoms with van der Waals surface area (Å²) in [4.78, 5) is 14.2. The summed E-state index contributed by atoms with van der Waals surface area (Å²) in [5.74, 6) is 0.144. The summed E-state index contributed by atoms with van der Waals surface area (Å²) >= 11 is 10.0. The van der Waals surface area contributed by atoms with E-state index in [4.69, 9.17) is 0 Å². The van der Waals surface area contributed by atoms with Gasteiger partial charge in [-0.1, -0.05) is 0 Å². The lowest BCUT2D eigenvalue weighted by Gasteiger charge is -1.89. The second-order valence-corrected chi connectivity index (χ2v) is 7.08. The molecule has 1 aliphatic carbocycles. The summed E-state index contributed by atoms with van der Waals surface area (Å²) in [5.41, 5.74) is 1.67. The zero-order chi connectivity index (χ0) is 9.87. The molecule has 0 unspecified atom stereocenters. The number of hydrogen-bond donors (Lipinski definition) is 0. The molecular weight excluding hydrogens is 348 g/mol. The van der Waals surface area contributed by atoms with Crippen molar-refractivity contribution in [3.05, 3.63) is 30.8 Å². The maximum atomic E-state index is 11.9. The SMILES string of the molecule is O=C1c2cc(Br)sc2-c2scc(Br)c21. The van der Waals surface area contributed by atoms with Gasteiger partial charge in [-0.05, 0) is 37.9 Å². The fourth-order valence-corrected chi connectivity index (χ4v) is 5.03. The topological polar surface area (TPSA) is 17.1 Å². The third-order valence-electron chi connectivity index (χ3n) is 2.13. The van der Waals surface area contributed by atoms with Crippen LogP contribution in [0.2, 0.25) is 0 Å². The van der Waals surface area contributed by atoms with E-state index in [-0.39, 0.29) is 5.78 Å². The Kier molecular flexibility index (Phi) is 1.99. The van der Waals surface area contributed by atoms with E-state index in [0.717, 1.165) is 29.1 Å². The molecule has 3 rings (SSSR count). The fraction of sp³-hybridized carbons (Fsp3) is 0. The van der Waals surface area contributed by atoms with Gasteiger partial charge in [0.25, 0.3) is 0 Å². The summed E-state index contributed by atoms with van der Waals surface area (Å²) in [6.07, 6.45) is 0. The van der Waals surface area contributed by atoms with Crippen molar-refractivity contribution >= 4 is 60.3 Å². The van der Waals surface area contributed by atoms with Crippen LogP contribution in [-0.2, 0) is 0 Å². The molecule has 0 aliphatic heterocycles. The molecule has 0 amide bonds. The van der Waals surface area contributed by atoms with Crippen LogP contribution in [0.5, 0.6) is 0 Å². The average Bonchev–Trinajstić information content (AvgIpc) is 2.72. The van der Waals surface area contributed by atoms with E-state index in [0.29, 0.717) is 0 Å². The van der Waals surface area contributed by atoms with Crippen molar-refractivity contribution in [3.63, 3.8) is 0 Å². The fourth-order valence-electron chi connectivity index (χ4n) is 1.55.